The molecular formula is C21H19NO2S. The first-order chi connectivity index (χ1) is 12.0. The van der Waals surface area contributed by atoms with Gasteiger partial charge in [0.1, 0.15) is 0 Å². The van der Waals surface area contributed by atoms with Crippen molar-refractivity contribution < 1.29 is 8.42 Å². The summed E-state index contributed by atoms with van der Waals surface area (Å²) in [7, 11) is -1.93. The average Bonchev–Trinajstić information content (AvgIpc) is 2.96. The first kappa shape index (κ1) is 16.1. The third kappa shape index (κ3) is 2.49. The molecule has 126 valence electrons. The highest BCUT2D eigenvalue weighted by Gasteiger charge is 2.36. The van der Waals surface area contributed by atoms with Crippen LogP contribution in [0.4, 0.5) is 0 Å². The Morgan fingerprint density at radius 2 is 1.24 bits per heavy atom. The molecule has 0 spiro atoms. The molecule has 0 fully saturated rings. The van der Waals surface area contributed by atoms with E-state index in [1.165, 1.54) is 4.31 Å². The summed E-state index contributed by atoms with van der Waals surface area (Å²) in [5, 5.41) is 0. The van der Waals surface area contributed by atoms with Crippen molar-refractivity contribution in [2.24, 2.45) is 0 Å². The van der Waals surface area contributed by atoms with Crippen LogP contribution in [0.25, 0.3) is 11.1 Å². The molecular weight excluding hydrogens is 330 g/mol. The minimum atomic E-state index is -3.59. The lowest BCUT2D eigenvalue weighted by Crippen LogP contribution is -2.31. The van der Waals surface area contributed by atoms with Crippen molar-refractivity contribution in [3.63, 3.8) is 0 Å². The maximum atomic E-state index is 13.2. The SMILES string of the molecule is Cc1ccc(S(=O)(=O)N(C)C2c3ccccc3-c3ccccc32)cc1. The molecule has 0 N–H and O–H groups in total. The lowest BCUT2D eigenvalue weighted by Gasteiger charge is -2.26. The fourth-order valence-corrected chi connectivity index (χ4v) is 4.85. The molecule has 3 nitrogen and oxygen atoms in total. The Balaban J connectivity index is 1.85. The Labute approximate surface area is 148 Å². The zero-order valence-corrected chi connectivity index (χ0v) is 15.0. The van der Waals surface area contributed by atoms with Crippen LogP contribution < -0.4 is 0 Å². The van der Waals surface area contributed by atoms with Crippen LogP contribution in [-0.2, 0) is 10.0 Å². The Hall–Kier alpha value is -2.43. The summed E-state index contributed by atoms with van der Waals surface area (Å²) in [6, 6.07) is 22.8. The van der Waals surface area contributed by atoms with Crippen molar-refractivity contribution in [3.05, 3.63) is 89.5 Å². The standard InChI is InChI=1S/C21H19NO2S/c1-15-11-13-16(14-12-15)25(23,24)22(2)21-19-9-5-3-7-17(19)18-8-4-6-10-20(18)21/h3-14,21H,1-2H3. The van der Waals surface area contributed by atoms with Crippen LogP contribution in [0.5, 0.6) is 0 Å². The van der Waals surface area contributed by atoms with Gasteiger partial charge in [0.25, 0.3) is 0 Å². The maximum absolute atomic E-state index is 13.2. The molecule has 0 amide bonds. The van der Waals surface area contributed by atoms with E-state index < -0.39 is 10.0 Å². The first-order valence-corrected chi connectivity index (χ1v) is 9.67. The minimum Gasteiger partial charge on any atom is -0.207 e. The highest BCUT2D eigenvalue weighted by molar-refractivity contribution is 7.89. The van der Waals surface area contributed by atoms with Crippen molar-refractivity contribution >= 4 is 10.0 Å². The summed E-state index contributed by atoms with van der Waals surface area (Å²) in [6.07, 6.45) is 0. The zero-order valence-electron chi connectivity index (χ0n) is 14.2. The highest BCUT2D eigenvalue weighted by Crippen LogP contribution is 2.46. The second-order valence-electron chi connectivity index (χ2n) is 6.41. The topological polar surface area (TPSA) is 37.4 Å². The smallest absolute Gasteiger partial charge is 0.207 e. The summed E-state index contributed by atoms with van der Waals surface area (Å²) in [5.41, 5.74) is 5.31. The average molecular weight is 349 g/mol. The maximum Gasteiger partial charge on any atom is 0.243 e. The van der Waals surface area contributed by atoms with Crippen LogP contribution in [0.15, 0.2) is 77.7 Å². The molecule has 1 aliphatic rings. The molecule has 0 saturated carbocycles. The Morgan fingerprint density at radius 1 is 0.760 bits per heavy atom. The van der Waals surface area contributed by atoms with E-state index in [0.29, 0.717) is 4.90 Å². The third-order valence-corrected chi connectivity index (χ3v) is 6.70. The van der Waals surface area contributed by atoms with Gasteiger partial charge in [0.15, 0.2) is 0 Å². The van der Waals surface area contributed by atoms with E-state index in [1.54, 1.807) is 19.2 Å². The molecule has 3 aromatic carbocycles. The van der Waals surface area contributed by atoms with Gasteiger partial charge >= 0.3 is 0 Å². The molecule has 0 radical (unpaired) electrons. The van der Waals surface area contributed by atoms with Gasteiger partial charge in [-0.05, 0) is 41.3 Å². The van der Waals surface area contributed by atoms with Crippen LogP contribution >= 0.6 is 0 Å². The molecule has 0 aliphatic heterocycles. The van der Waals surface area contributed by atoms with Crippen molar-refractivity contribution in [1.82, 2.24) is 4.31 Å². The van der Waals surface area contributed by atoms with Gasteiger partial charge in [0.05, 0.1) is 10.9 Å². The minimum absolute atomic E-state index is 0.307. The van der Waals surface area contributed by atoms with Crippen LogP contribution in [0.1, 0.15) is 22.7 Å². The monoisotopic (exact) mass is 349 g/mol. The van der Waals surface area contributed by atoms with Crippen LogP contribution in [0, 0.1) is 6.92 Å². The second-order valence-corrected chi connectivity index (χ2v) is 8.41. The predicted molar refractivity (Wildman–Crippen MR) is 99.8 cm³/mol. The van der Waals surface area contributed by atoms with E-state index in [4.69, 9.17) is 0 Å². The lowest BCUT2D eigenvalue weighted by atomic mass is 10.1. The van der Waals surface area contributed by atoms with Crippen LogP contribution in [0.2, 0.25) is 0 Å². The quantitative estimate of drug-likeness (QED) is 0.703. The molecule has 0 atom stereocenters. The van der Waals surface area contributed by atoms with Gasteiger partial charge in [-0.2, -0.15) is 4.31 Å². The number of nitrogens with zero attached hydrogens (tertiary/aromatic N) is 1. The van der Waals surface area contributed by atoms with E-state index in [9.17, 15) is 8.42 Å². The fraction of sp³-hybridized carbons (Fsp3) is 0.143. The van der Waals surface area contributed by atoms with Crippen molar-refractivity contribution in [2.75, 3.05) is 7.05 Å². The Morgan fingerprint density at radius 3 is 1.76 bits per heavy atom. The van der Waals surface area contributed by atoms with E-state index in [-0.39, 0.29) is 6.04 Å². The number of hydrogen-bond donors (Lipinski definition) is 0. The molecule has 0 heterocycles. The molecule has 25 heavy (non-hydrogen) atoms. The largest absolute Gasteiger partial charge is 0.243 e. The molecule has 0 aromatic heterocycles. The molecule has 1 aliphatic carbocycles. The summed E-state index contributed by atoms with van der Waals surface area (Å²) in [6.45, 7) is 1.95. The van der Waals surface area contributed by atoms with Gasteiger partial charge in [-0.25, -0.2) is 8.42 Å². The van der Waals surface area contributed by atoms with Gasteiger partial charge < -0.3 is 0 Å². The summed E-state index contributed by atoms with van der Waals surface area (Å²) < 4.78 is 27.8. The second kappa shape index (κ2) is 5.83. The zero-order chi connectivity index (χ0) is 17.6. The summed E-state index contributed by atoms with van der Waals surface area (Å²) >= 11 is 0. The number of sulfonamides is 1. The first-order valence-electron chi connectivity index (χ1n) is 8.23. The molecule has 0 bridgehead atoms. The number of benzene rings is 3. The van der Waals surface area contributed by atoms with E-state index in [1.807, 2.05) is 55.5 Å². The molecule has 0 unspecified atom stereocenters. The van der Waals surface area contributed by atoms with Crippen molar-refractivity contribution in [3.8, 4) is 11.1 Å². The van der Waals surface area contributed by atoms with Crippen molar-refractivity contribution in [2.45, 2.75) is 17.9 Å². The van der Waals surface area contributed by atoms with E-state index >= 15 is 0 Å². The molecule has 4 rings (SSSR count). The summed E-state index contributed by atoms with van der Waals surface area (Å²) in [4.78, 5) is 0.322. The molecule has 3 aromatic rings. The normalized spacial score (nSPS) is 13.7. The highest BCUT2D eigenvalue weighted by atomic mass is 32.2. The van der Waals surface area contributed by atoms with Crippen LogP contribution in [0.3, 0.4) is 0 Å². The lowest BCUT2D eigenvalue weighted by molar-refractivity contribution is 0.423. The number of hydrogen-bond acceptors (Lipinski definition) is 2. The van der Waals surface area contributed by atoms with Crippen molar-refractivity contribution in [1.29, 1.82) is 0 Å². The number of rotatable bonds is 3. The molecule has 4 heteroatoms. The van der Waals surface area contributed by atoms with Gasteiger partial charge in [0.2, 0.25) is 10.0 Å². The molecule has 0 saturated heterocycles. The third-order valence-electron chi connectivity index (χ3n) is 4.86. The van der Waals surface area contributed by atoms with Gasteiger partial charge in [-0.3, -0.25) is 0 Å². The fourth-order valence-electron chi connectivity index (χ4n) is 3.54. The van der Waals surface area contributed by atoms with Gasteiger partial charge in [-0.15, -0.1) is 0 Å². The Bertz CT molecular complexity index is 994. The van der Waals surface area contributed by atoms with Gasteiger partial charge in [-0.1, -0.05) is 66.2 Å². The van der Waals surface area contributed by atoms with E-state index in [0.717, 1.165) is 27.8 Å². The van der Waals surface area contributed by atoms with Gasteiger partial charge in [0, 0.05) is 7.05 Å². The van der Waals surface area contributed by atoms with Crippen LogP contribution in [-0.4, -0.2) is 19.8 Å². The van der Waals surface area contributed by atoms with E-state index in [2.05, 4.69) is 12.1 Å². The number of aryl methyl sites for hydroxylation is 1. The number of fused-ring (bicyclic) bond motifs is 3. The predicted octanol–water partition coefficient (Wildman–Crippen LogP) is 4.39. The summed E-state index contributed by atoms with van der Waals surface area (Å²) in [5.74, 6) is 0. The Kier molecular flexibility index (Phi) is 3.74.